The fourth-order valence-corrected chi connectivity index (χ4v) is 21.2. The second-order valence-corrected chi connectivity index (χ2v) is 34.7. The summed E-state index contributed by atoms with van der Waals surface area (Å²) < 4.78 is 7.58. The summed E-state index contributed by atoms with van der Waals surface area (Å²) in [7, 11) is 0. The topological polar surface area (TPSA) is 16.3 Å². The Bertz CT molecular complexity index is 7190. The summed E-state index contributed by atoms with van der Waals surface area (Å²) in [5.41, 5.74) is 37.8. The molecule has 0 saturated carbocycles. The highest BCUT2D eigenvalue weighted by molar-refractivity contribution is 7.25. The molecule has 0 atom stereocenters. The van der Waals surface area contributed by atoms with Crippen LogP contribution in [-0.4, -0.2) is 9.13 Å². The standard InChI is InChI=1S/C54H40N2S.C54H42N2.2CH4/c1-53(2)43-16-8-5-13-37(43)38-25-23-36(32-45(38)53)55-47-18-10-6-14-39(47)41-29-33(21-26-48(41)55)34-22-27-50-46(30-34)54(3,4)44-17-9-11-19-49(44)56(50)35-24-28-52-42(31-35)40-15-7-12-20-51(40)57-52;1-53(2)45-18-10-8-16-41(45)42-29-28-40(34-47(42)53)56-49-20-12-9-17-43(49)44-32-37(24-30-50(44)56)38-25-31-52-48(33-38)54(3,4)46-19-11-13-21-51(46)55(52)39-26-22-36(23-27-39)35-14-6-5-7-15-35;;/h5-32H,1-4H3;5-34H,1-4H3;2*1H4. The molecule has 23 rings (SSSR count). The Hall–Kier alpha value is -13.1. The van der Waals surface area contributed by atoms with E-state index in [-0.39, 0.29) is 36.5 Å². The molecule has 556 valence electrons. The maximum atomic E-state index is 2.48. The van der Waals surface area contributed by atoms with E-state index in [1.165, 1.54) is 204 Å². The molecule has 0 unspecified atom stereocenters. The number of para-hydroxylation sites is 4. The zero-order valence-corrected chi connectivity index (χ0v) is 65.5. The third-order valence-corrected chi connectivity index (χ3v) is 27.1. The monoisotopic (exact) mass is 1500 g/mol. The maximum Gasteiger partial charge on any atom is 0.0541 e. The number of thiophene rings is 1. The predicted octanol–water partition coefficient (Wildman–Crippen LogP) is 31.0. The van der Waals surface area contributed by atoms with Gasteiger partial charge >= 0.3 is 0 Å². The largest absolute Gasteiger partial charge is 0.310 e. The van der Waals surface area contributed by atoms with Crippen LogP contribution in [0.2, 0.25) is 0 Å². The SMILES string of the molecule is C.C.CC1(C)c2ccccc2-c2ccc(-n3c4ccccc4c4cc(-c5ccc6c(c5)C(C)(C)c5ccccc5N6c5ccc(-c6ccccc6)cc5)ccc43)cc21.CC1(C)c2ccccc2-c2ccc(-n3c4ccccc4c4cc(-c5ccc6c(c5)C(C)(C)c5ccccc5N6c5ccc6sc7ccccc7c6c5)ccc43)cc21. The van der Waals surface area contributed by atoms with Gasteiger partial charge in [0.05, 0.1) is 44.8 Å². The van der Waals surface area contributed by atoms with Crippen LogP contribution in [-0.2, 0) is 21.7 Å². The van der Waals surface area contributed by atoms with Crippen molar-refractivity contribution >= 4 is 109 Å². The third-order valence-electron chi connectivity index (χ3n) is 26.0. The van der Waals surface area contributed by atoms with E-state index in [1.54, 1.807) is 0 Å². The number of fused-ring (bicyclic) bond motifs is 19. The molecule has 115 heavy (non-hydrogen) atoms. The summed E-state index contributed by atoms with van der Waals surface area (Å²) in [4.78, 5) is 4.93. The summed E-state index contributed by atoms with van der Waals surface area (Å²) in [6, 6.07) is 131. The molecule has 2 aliphatic heterocycles. The minimum atomic E-state index is -0.196. The highest BCUT2D eigenvalue weighted by Crippen LogP contribution is 2.57. The zero-order chi connectivity index (χ0) is 76.0. The van der Waals surface area contributed by atoms with Gasteiger partial charge in [0.15, 0.2) is 0 Å². The minimum absolute atomic E-state index is 0. The molecular weight excluding hydrogens is 1410 g/mol. The van der Waals surface area contributed by atoms with E-state index in [4.69, 9.17) is 0 Å². The van der Waals surface area contributed by atoms with E-state index < -0.39 is 0 Å². The Balaban J connectivity index is 0.000000146. The highest BCUT2D eigenvalue weighted by Gasteiger charge is 2.41. The lowest BCUT2D eigenvalue weighted by Gasteiger charge is -2.42. The van der Waals surface area contributed by atoms with Gasteiger partial charge in [-0.15, -0.1) is 11.3 Å². The van der Waals surface area contributed by atoms with Crippen LogP contribution in [0.1, 0.15) is 115 Å². The first-order valence-electron chi connectivity index (χ1n) is 39.8. The van der Waals surface area contributed by atoms with Gasteiger partial charge in [0.1, 0.15) is 0 Å². The van der Waals surface area contributed by atoms with Crippen molar-refractivity contribution in [2.24, 2.45) is 0 Å². The summed E-state index contributed by atoms with van der Waals surface area (Å²) in [6.45, 7) is 19.0. The fraction of sp³-hybridized carbons (Fsp3) is 0.127. The van der Waals surface area contributed by atoms with E-state index in [0.29, 0.717) is 0 Å². The fourth-order valence-electron chi connectivity index (χ4n) is 20.1. The lowest BCUT2D eigenvalue weighted by atomic mass is 9.73. The summed E-state index contributed by atoms with van der Waals surface area (Å²) >= 11 is 1.87. The second kappa shape index (κ2) is 26.3. The quantitative estimate of drug-likeness (QED) is 0.158. The number of anilines is 6. The first kappa shape index (κ1) is 71.0. The number of hydrogen-bond donors (Lipinski definition) is 0. The normalized spacial score (nSPS) is 14.5. The lowest BCUT2D eigenvalue weighted by Crippen LogP contribution is -2.30. The zero-order valence-electron chi connectivity index (χ0n) is 64.7. The predicted molar refractivity (Wildman–Crippen MR) is 493 cm³/mol. The number of rotatable bonds is 7. The number of aromatic nitrogens is 2. The molecule has 0 saturated heterocycles. The molecule has 16 aromatic carbocycles. The molecule has 3 aromatic heterocycles. The van der Waals surface area contributed by atoms with Gasteiger partial charge in [0, 0.05) is 86.1 Å². The second-order valence-electron chi connectivity index (χ2n) is 33.6. The van der Waals surface area contributed by atoms with Gasteiger partial charge in [-0.25, -0.2) is 0 Å². The number of nitrogens with zero attached hydrogens (tertiary/aromatic N) is 4. The van der Waals surface area contributed by atoms with Crippen molar-refractivity contribution in [3.63, 3.8) is 0 Å². The molecule has 19 aromatic rings. The Kier molecular flexibility index (Phi) is 16.2. The Labute approximate surface area is 678 Å². The van der Waals surface area contributed by atoms with Gasteiger partial charge in [0.2, 0.25) is 0 Å². The Morgan fingerprint density at radius 2 is 0.548 bits per heavy atom. The number of hydrogen-bond acceptors (Lipinski definition) is 3. The first-order valence-corrected chi connectivity index (χ1v) is 40.6. The maximum absolute atomic E-state index is 2.48. The smallest absolute Gasteiger partial charge is 0.0541 e. The average Bonchev–Trinajstić information content (AvgIpc) is 1.67. The van der Waals surface area contributed by atoms with E-state index in [2.05, 4.69) is 426 Å². The van der Waals surface area contributed by atoms with Gasteiger partial charge in [0.25, 0.3) is 0 Å². The Morgan fingerprint density at radius 1 is 0.200 bits per heavy atom. The molecule has 0 spiro atoms. The highest BCUT2D eigenvalue weighted by atomic mass is 32.1. The van der Waals surface area contributed by atoms with Crippen LogP contribution in [0.25, 0.3) is 131 Å². The molecule has 0 radical (unpaired) electrons. The molecule has 0 fully saturated rings. The molecule has 0 N–H and O–H groups in total. The van der Waals surface area contributed by atoms with Crippen molar-refractivity contribution in [1.82, 2.24) is 9.13 Å². The van der Waals surface area contributed by atoms with Crippen LogP contribution >= 0.6 is 11.3 Å². The van der Waals surface area contributed by atoms with Gasteiger partial charge < -0.3 is 18.9 Å². The summed E-state index contributed by atoms with van der Waals surface area (Å²) in [5.74, 6) is 0. The van der Waals surface area contributed by atoms with Gasteiger partial charge in [-0.1, -0.05) is 289 Å². The van der Waals surface area contributed by atoms with Crippen molar-refractivity contribution in [2.75, 3.05) is 9.80 Å². The van der Waals surface area contributed by atoms with E-state index in [0.717, 1.165) is 5.69 Å². The van der Waals surface area contributed by atoms with Crippen molar-refractivity contribution in [2.45, 2.75) is 91.9 Å². The average molecular weight is 1500 g/mol. The van der Waals surface area contributed by atoms with Crippen molar-refractivity contribution in [1.29, 1.82) is 0 Å². The van der Waals surface area contributed by atoms with Crippen molar-refractivity contribution < 1.29 is 0 Å². The van der Waals surface area contributed by atoms with Crippen molar-refractivity contribution in [3.8, 4) is 67.0 Å². The molecule has 5 heteroatoms. The van der Waals surface area contributed by atoms with Gasteiger partial charge in [-0.3, -0.25) is 0 Å². The van der Waals surface area contributed by atoms with Gasteiger partial charge in [-0.05, 0) is 234 Å². The minimum Gasteiger partial charge on any atom is -0.310 e. The molecule has 0 bridgehead atoms. The van der Waals surface area contributed by atoms with Crippen LogP contribution in [0.4, 0.5) is 34.1 Å². The summed E-state index contributed by atoms with van der Waals surface area (Å²) in [6.07, 6.45) is 0. The Morgan fingerprint density at radius 3 is 1.07 bits per heavy atom. The number of benzene rings is 16. The van der Waals surface area contributed by atoms with Crippen LogP contribution in [0, 0.1) is 0 Å². The van der Waals surface area contributed by atoms with E-state index in [1.807, 2.05) is 11.3 Å². The summed E-state index contributed by atoms with van der Waals surface area (Å²) in [5, 5.41) is 7.71. The molecule has 2 aliphatic carbocycles. The van der Waals surface area contributed by atoms with E-state index >= 15 is 0 Å². The van der Waals surface area contributed by atoms with Crippen LogP contribution in [0.3, 0.4) is 0 Å². The lowest BCUT2D eigenvalue weighted by molar-refractivity contribution is 0.632. The molecule has 4 aliphatic rings. The van der Waals surface area contributed by atoms with E-state index in [9.17, 15) is 0 Å². The molecule has 5 heterocycles. The molecule has 0 amide bonds. The van der Waals surface area contributed by atoms with Crippen LogP contribution in [0.15, 0.2) is 352 Å². The van der Waals surface area contributed by atoms with Crippen molar-refractivity contribution in [3.05, 3.63) is 396 Å². The third kappa shape index (κ3) is 10.6. The first-order chi connectivity index (χ1) is 55.1. The molecular formula is C110H90N4S. The van der Waals surface area contributed by atoms with Crippen LogP contribution in [0.5, 0.6) is 0 Å². The van der Waals surface area contributed by atoms with Gasteiger partial charge in [-0.2, -0.15) is 0 Å². The molecule has 4 nitrogen and oxygen atoms in total. The van der Waals surface area contributed by atoms with Crippen LogP contribution < -0.4 is 9.80 Å².